The summed E-state index contributed by atoms with van der Waals surface area (Å²) in [6, 6.07) is 0. The van der Waals surface area contributed by atoms with Gasteiger partial charge in [-0.25, -0.2) is 9.78 Å². The maximum absolute atomic E-state index is 11.7. The SMILES string of the molecule is CCC1(CC)CCN(c2nc(C)c(C(=O)OC)s2)CC1. The number of aromatic nitrogens is 1. The molecule has 5 heteroatoms. The highest BCUT2D eigenvalue weighted by molar-refractivity contribution is 7.17. The van der Waals surface area contributed by atoms with Gasteiger partial charge in [0, 0.05) is 13.1 Å². The Morgan fingerprint density at radius 2 is 1.95 bits per heavy atom. The molecule has 0 radical (unpaired) electrons. The molecule has 0 bridgehead atoms. The van der Waals surface area contributed by atoms with E-state index in [9.17, 15) is 4.79 Å². The minimum atomic E-state index is -0.278. The number of hydrogen-bond donors (Lipinski definition) is 0. The Kier molecular flexibility index (Phi) is 4.68. The summed E-state index contributed by atoms with van der Waals surface area (Å²) in [4.78, 5) is 19.1. The Labute approximate surface area is 125 Å². The highest BCUT2D eigenvalue weighted by Gasteiger charge is 2.32. The van der Waals surface area contributed by atoms with Crippen LogP contribution in [0.2, 0.25) is 0 Å². The molecule has 0 atom stereocenters. The zero-order valence-corrected chi connectivity index (χ0v) is 13.7. The van der Waals surface area contributed by atoms with Crippen molar-refractivity contribution in [2.45, 2.75) is 46.5 Å². The quantitative estimate of drug-likeness (QED) is 0.795. The number of hydrogen-bond acceptors (Lipinski definition) is 5. The monoisotopic (exact) mass is 296 g/mol. The molecule has 0 amide bonds. The van der Waals surface area contributed by atoms with E-state index < -0.39 is 0 Å². The number of ether oxygens (including phenoxy) is 1. The Morgan fingerprint density at radius 3 is 2.45 bits per heavy atom. The lowest BCUT2D eigenvalue weighted by Gasteiger charge is -2.40. The van der Waals surface area contributed by atoms with E-state index in [1.807, 2.05) is 6.92 Å². The van der Waals surface area contributed by atoms with E-state index in [1.165, 1.54) is 44.1 Å². The first-order valence-corrected chi connectivity index (χ1v) is 8.17. The molecule has 1 aromatic heterocycles. The molecular formula is C15H24N2O2S. The zero-order valence-electron chi connectivity index (χ0n) is 12.9. The molecule has 0 N–H and O–H groups in total. The third-order valence-electron chi connectivity index (χ3n) is 4.75. The van der Waals surface area contributed by atoms with Crippen LogP contribution in [0.3, 0.4) is 0 Å². The molecular weight excluding hydrogens is 272 g/mol. The molecule has 2 rings (SSSR count). The van der Waals surface area contributed by atoms with E-state index >= 15 is 0 Å². The number of carbonyl (C=O) groups is 1. The Bertz CT molecular complexity index is 470. The van der Waals surface area contributed by atoms with E-state index in [0.717, 1.165) is 23.9 Å². The number of piperidine rings is 1. The third-order valence-corrected chi connectivity index (χ3v) is 5.95. The number of methoxy groups -OCH3 is 1. The second-order valence-corrected chi connectivity index (χ2v) is 6.57. The molecule has 0 spiro atoms. The Morgan fingerprint density at radius 1 is 1.35 bits per heavy atom. The van der Waals surface area contributed by atoms with Crippen LogP contribution in [0.5, 0.6) is 0 Å². The molecule has 0 saturated carbocycles. The van der Waals surface area contributed by atoms with Crippen LogP contribution in [0.1, 0.15) is 54.9 Å². The molecule has 0 aromatic carbocycles. The fourth-order valence-corrected chi connectivity index (χ4v) is 3.97. The van der Waals surface area contributed by atoms with Crippen LogP contribution in [0.25, 0.3) is 0 Å². The summed E-state index contributed by atoms with van der Waals surface area (Å²) in [5.74, 6) is -0.278. The number of rotatable bonds is 4. The number of carbonyl (C=O) groups excluding carboxylic acids is 1. The van der Waals surface area contributed by atoms with Gasteiger partial charge in [0.2, 0.25) is 0 Å². The standard InChI is InChI=1S/C15H24N2O2S/c1-5-15(6-2)7-9-17(10-8-15)14-16-11(3)12(20-14)13(18)19-4/h5-10H2,1-4H3. The number of aryl methyl sites for hydroxylation is 1. The molecule has 1 fully saturated rings. The van der Waals surface area contributed by atoms with Gasteiger partial charge in [0.15, 0.2) is 5.13 Å². The first-order valence-electron chi connectivity index (χ1n) is 7.36. The summed E-state index contributed by atoms with van der Waals surface area (Å²) in [5, 5.41) is 0.962. The van der Waals surface area contributed by atoms with Gasteiger partial charge in [-0.2, -0.15) is 0 Å². The molecule has 4 nitrogen and oxygen atoms in total. The van der Waals surface area contributed by atoms with Crippen LogP contribution in [0.4, 0.5) is 5.13 Å². The maximum atomic E-state index is 11.7. The van der Waals surface area contributed by atoms with E-state index in [1.54, 1.807) is 0 Å². The second kappa shape index (κ2) is 6.12. The summed E-state index contributed by atoms with van der Waals surface area (Å²) < 4.78 is 4.80. The number of nitrogens with zero attached hydrogens (tertiary/aromatic N) is 2. The maximum Gasteiger partial charge on any atom is 0.350 e. The second-order valence-electron chi connectivity index (χ2n) is 5.60. The number of thiazole rings is 1. The molecule has 2 heterocycles. The first-order chi connectivity index (χ1) is 9.55. The molecule has 1 saturated heterocycles. The summed E-state index contributed by atoms with van der Waals surface area (Å²) in [5.41, 5.74) is 1.29. The topological polar surface area (TPSA) is 42.4 Å². The van der Waals surface area contributed by atoms with Crippen molar-refractivity contribution in [3.8, 4) is 0 Å². The van der Waals surface area contributed by atoms with E-state index in [2.05, 4.69) is 23.7 Å². The Balaban J connectivity index is 2.09. The van der Waals surface area contributed by atoms with Crippen LogP contribution in [-0.4, -0.2) is 31.2 Å². The number of esters is 1. The van der Waals surface area contributed by atoms with Crippen molar-refractivity contribution in [2.24, 2.45) is 5.41 Å². The molecule has 112 valence electrons. The van der Waals surface area contributed by atoms with E-state index in [4.69, 9.17) is 4.74 Å². The van der Waals surface area contributed by atoms with E-state index in [0.29, 0.717) is 10.3 Å². The van der Waals surface area contributed by atoms with Gasteiger partial charge in [-0.05, 0) is 25.2 Å². The average molecular weight is 296 g/mol. The lowest BCUT2D eigenvalue weighted by molar-refractivity contribution is 0.0605. The largest absolute Gasteiger partial charge is 0.465 e. The summed E-state index contributed by atoms with van der Waals surface area (Å²) in [6.07, 6.45) is 4.93. The van der Waals surface area contributed by atoms with Crippen LogP contribution >= 0.6 is 11.3 Å². The first kappa shape index (κ1) is 15.3. The van der Waals surface area contributed by atoms with Crippen LogP contribution in [0, 0.1) is 12.3 Å². The van der Waals surface area contributed by atoms with Crippen molar-refractivity contribution < 1.29 is 9.53 Å². The van der Waals surface area contributed by atoms with Gasteiger partial charge in [-0.1, -0.05) is 38.0 Å². The zero-order chi connectivity index (χ0) is 14.8. The molecule has 20 heavy (non-hydrogen) atoms. The van der Waals surface area contributed by atoms with Gasteiger partial charge in [0.1, 0.15) is 4.88 Å². The minimum Gasteiger partial charge on any atom is -0.465 e. The van der Waals surface area contributed by atoms with Gasteiger partial charge in [0.05, 0.1) is 12.8 Å². The summed E-state index contributed by atoms with van der Waals surface area (Å²) >= 11 is 1.45. The molecule has 0 unspecified atom stereocenters. The van der Waals surface area contributed by atoms with Crippen molar-refractivity contribution in [3.63, 3.8) is 0 Å². The van der Waals surface area contributed by atoms with Crippen LogP contribution < -0.4 is 4.90 Å². The van der Waals surface area contributed by atoms with Crippen molar-refractivity contribution in [3.05, 3.63) is 10.6 Å². The van der Waals surface area contributed by atoms with Crippen molar-refractivity contribution in [2.75, 3.05) is 25.1 Å². The molecule has 1 aliphatic rings. The lowest BCUT2D eigenvalue weighted by atomic mass is 9.74. The third kappa shape index (κ3) is 2.82. The fraction of sp³-hybridized carbons (Fsp3) is 0.733. The molecule has 1 aliphatic heterocycles. The normalized spacial score (nSPS) is 18.1. The van der Waals surface area contributed by atoms with Crippen molar-refractivity contribution >= 4 is 22.4 Å². The van der Waals surface area contributed by atoms with Crippen molar-refractivity contribution in [1.82, 2.24) is 4.98 Å². The summed E-state index contributed by atoms with van der Waals surface area (Å²) in [6.45, 7) is 8.53. The highest BCUT2D eigenvalue weighted by Crippen LogP contribution is 2.40. The average Bonchev–Trinajstić information content (AvgIpc) is 2.88. The predicted octanol–water partition coefficient (Wildman–Crippen LogP) is 3.64. The van der Waals surface area contributed by atoms with Crippen LogP contribution in [0.15, 0.2) is 0 Å². The molecule has 1 aromatic rings. The summed E-state index contributed by atoms with van der Waals surface area (Å²) in [7, 11) is 1.42. The van der Waals surface area contributed by atoms with Gasteiger partial charge >= 0.3 is 5.97 Å². The predicted molar refractivity (Wildman–Crippen MR) is 82.7 cm³/mol. The van der Waals surface area contributed by atoms with Gasteiger partial charge in [-0.3, -0.25) is 0 Å². The fourth-order valence-electron chi connectivity index (χ4n) is 2.93. The highest BCUT2D eigenvalue weighted by atomic mass is 32.1. The van der Waals surface area contributed by atoms with Gasteiger partial charge < -0.3 is 9.64 Å². The van der Waals surface area contributed by atoms with Gasteiger partial charge in [-0.15, -0.1) is 0 Å². The van der Waals surface area contributed by atoms with Gasteiger partial charge in [0.25, 0.3) is 0 Å². The molecule has 0 aliphatic carbocycles. The van der Waals surface area contributed by atoms with Crippen LogP contribution in [-0.2, 0) is 4.74 Å². The smallest absolute Gasteiger partial charge is 0.350 e. The van der Waals surface area contributed by atoms with Crippen molar-refractivity contribution in [1.29, 1.82) is 0 Å². The minimum absolute atomic E-state index is 0.278. The van der Waals surface area contributed by atoms with E-state index in [-0.39, 0.29) is 5.97 Å². The lowest BCUT2D eigenvalue weighted by Crippen LogP contribution is -2.39. The number of anilines is 1. The Hall–Kier alpha value is -1.10.